The maximum absolute atomic E-state index is 11.9. The minimum absolute atomic E-state index is 0.308. The van der Waals surface area contributed by atoms with Gasteiger partial charge in [0.1, 0.15) is 0 Å². The third kappa shape index (κ3) is 8.60. The number of nitrogens with zero attached hydrogens (tertiary/aromatic N) is 2. The fourth-order valence-electron chi connectivity index (χ4n) is 4.93. The SMILES string of the molecule is CN(C)C(=O)CC1CCC2(CC1)CCN(CC1CCOCC1)CC2.O=C(O)C(F)(F)F. The Morgan fingerprint density at radius 3 is 1.97 bits per heavy atom. The minimum Gasteiger partial charge on any atom is -0.475 e. The molecule has 1 saturated carbocycles. The molecule has 3 fully saturated rings. The first-order valence-electron chi connectivity index (χ1n) is 11.3. The molecule has 0 unspecified atom stereocenters. The van der Waals surface area contributed by atoms with Gasteiger partial charge in [-0.25, -0.2) is 4.79 Å². The van der Waals surface area contributed by atoms with Crippen LogP contribution in [0.4, 0.5) is 13.2 Å². The highest BCUT2D eigenvalue weighted by atomic mass is 19.4. The first-order chi connectivity index (χ1) is 14.5. The number of ether oxygens (including phenoxy) is 1. The number of carboxylic acid groups (broad SMARTS) is 1. The van der Waals surface area contributed by atoms with Crippen molar-refractivity contribution in [2.75, 3.05) is 46.9 Å². The van der Waals surface area contributed by atoms with Gasteiger partial charge in [-0.05, 0) is 81.7 Å². The number of amides is 1. The summed E-state index contributed by atoms with van der Waals surface area (Å²) in [4.78, 5) is 25.3. The molecule has 1 aliphatic carbocycles. The lowest BCUT2D eigenvalue weighted by molar-refractivity contribution is -0.192. The lowest BCUT2D eigenvalue weighted by atomic mass is 9.65. The Labute approximate surface area is 183 Å². The van der Waals surface area contributed by atoms with Crippen molar-refractivity contribution in [2.45, 2.75) is 64.0 Å². The number of likely N-dealkylation sites (tertiary alicyclic amines) is 1. The molecule has 0 aromatic carbocycles. The molecule has 0 radical (unpaired) electrons. The highest BCUT2D eigenvalue weighted by molar-refractivity contribution is 5.75. The van der Waals surface area contributed by atoms with Crippen LogP contribution >= 0.6 is 0 Å². The highest BCUT2D eigenvalue weighted by Gasteiger charge is 2.39. The van der Waals surface area contributed by atoms with Crippen molar-refractivity contribution in [2.24, 2.45) is 17.3 Å². The molecule has 2 aliphatic heterocycles. The number of carbonyl (C=O) groups is 2. The molecule has 1 amide bonds. The number of hydrogen-bond acceptors (Lipinski definition) is 4. The number of hydrogen-bond donors (Lipinski definition) is 1. The monoisotopic (exact) mass is 450 g/mol. The van der Waals surface area contributed by atoms with Gasteiger partial charge in [0.15, 0.2) is 0 Å². The predicted molar refractivity (Wildman–Crippen MR) is 111 cm³/mol. The number of halogens is 3. The Morgan fingerprint density at radius 1 is 1.00 bits per heavy atom. The van der Waals surface area contributed by atoms with Crippen LogP contribution in [0.2, 0.25) is 0 Å². The zero-order valence-electron chi connectivity index (χ0n) is 18.8. The fourth-order valence-corrected chi connectivity index (χ4v) is 4.93. The van der Waals surface area contributed by atoms with E-state index < -0.39 is 12.1 Å². The largest absolute Gasteiger partial charge is 0.490 e. The molecule has 3 aliphatic rings. The van der Waals surface area contributed by atoms with Gasteiger partial charge in [-0.15, -0.1) is 0 Å². The summed E-state index contributed by atoms with van der Waals surface area (Å²) >= 11 is 0. The van der Waals surface area contributed by atoms with Crippen molar-refractivity contribution in [3.05, 3.63) is 0 Å². The zero-order chi connectivity index (χ0) is 23.1. The van der Waals surface area contributed by atoms with E-state index in [2.05, 4.69) is 4.90 Å². The molecule has 1 spiro atoms. The molecule has 180 valence electrons. The number of alkyl halides is 3. The standard InChI is InChI=1S/C20H36N2O2.C2HF3O2/c1-21(2)19(23)15-17-3-7-20(8-4-17)9-11-22(12-10-20)16-18-5-13-24-14-6-18;3-2(4,5)1(6)7/h17-18H,3-16H2,1-2H3;(H,6,7). The van der Waals surface area contributed by atoms with Gasteiger partial charge in [0.2, 0.25) is 5.91 Å². The number of carbonyl (C=O) groups excluding carboxylic acids is 1. The van der Waals surface area contributed by atoms with E-state index in [0.717, 1.165) is 25.6 Å². The van der Waals surface area contributed by atoms with Crippen molar-refractivity contribution in [1.29, 1.82) is 0 Å². The summed E-state index contributed by atoms with van der Waals surface area (Å²) in [6.45, 7) is 5.81. The van der Waals surface area contributed by atoms with Crippen molar-refractivity contribution in [3.63, 3.8) is 0 Å². The fraction of sp³-hybridized carbons (Fsp3) is 0.909. The second kappa shape index (κ2) is 11.5. The van der Waals surface area contributed by atoms with E-state index in [1.165, 1.54) is 71.0 Å². The van der Waals surface area contributed by atoms with E-state index >= 15 is 0 Å². The second-order valence-electron chi connectivity index (χ2n) is 9.59. The normalized spacial score (nSPS) is 23.1. The Morgan fingerprint density at radius 2 is 1.52 bits per heavy atom. The molecule has 1 N–H and O–H groups in total. The van der Waals surface area contributed by atoms with Crippen molar-refractivity contribution >= 4 is 11.9 Å². The van der Waals surface area contributed by atoms with Gasteiger partial charge >= 0.3 is 12.1 Å². The first-order valence-corrected chi connectivity index (χ1v) is 11.3. The molecule has 0 atom stereocenters. The van der Waals surface area contributed by atoms with Crippen LogP contribution in [0.3, 0.4) is 0 Å². The summed E-state index contributed by atoms with van der Waals surface area (Å²) in [7, 11) is 3.75. The molecule has 0 bridgehead atoms. The van der Waals surface area contributed by atoms with E-state index in [-0.39, 0.29) is 0 Å². The van der Waals surface area contributed by atoms with Gasteiger partial charge in [-0.1, -0.05) is 0 Å². The van der Waals surface area contributed by atoms with Crippen molar-refractivity contribution < 1.29 is 32.6 Å². The second-order valence-corrected chi connectivity index (χ2v) is 9.59. The van der Waals surface area contributed by atoms with Crippen LogP contribution in [0.25, 0.3) is 0 Å². The number of carboxylic acids is 1. The van der Waals surface area contributed by atoms with Crippen LogP contribution in [-0.4, -0.2) is 79.9 Å². The summed E-state index contributed by atoms with van der Waals surface area (Å²) in [5.74, 6) is -0.957. The van der Waals surface area contributed by atoms with Gasteiger partial charge in [-0.2, -0.15) is 13.2 Å². The topological polar surface area (TPSA) is 70.1 Å². The average molecular weight is 451 g/mol. The molecule has 9 heteroatoms. The van der Waals surface area contributed by atoms with E-state index in [4.69, 9.17) is 14.6 Å². The molecule has 6 nitrogen and oxygen atoms in total. The highest BCUT2D eigenvalue weighted by Crippen LogP contribution is 2.47. The molecular formula is C22H37F3N2O4. The Balaban J connectivity index is 0.000000423. The Hall–Kier alpha value is -1.35. The molecule has 0 aromatic heterocycles. The van der Waals surface area contributed by atoms with Gasteiger partial charge in [0, 0.05) is 40.3 Å². The first kappa shape index (κ1) is 25.9. The molecular weight excluding hydrogens is 413 g/mol. The van der Waals surface area contributed by atoms with Crippen molar-refractivity contribution in [1.82, 2.24) is 9.80 Å². The minimum atomic E-state index is -5.08. The lowest BCUT2D eigenvalue weighted by Crippen LogP contribution is -2.44. The Bertz CT molecular complexity index is 574. The molecule has 2 heterocycles. The third-order valence-electron chi connectivity index (χ3n) is 7.14. The van der Waals surface area contributed by atoms with E-state index in [9.17, 15) is 18.0 Å². The average Bonchev–Trinajstić information content (AvgIpc) is 2.72. The molecule has 3 rings (SSSR count). The summed E-state index contributed by atoms with van der Waals surface area (Å²) in [5, 5.41) is 7.12. The summed E-state index contributed by atoms with van der Waals surface area (Å²) < 4.78 is 37.2. The number of aliphatic carboxylic acids is 1. The summed E-state index contributed by atoms with van der Waals surface area (Å²) in [6, 6.07) is 0. The third-order valence-corrected chi connectivity index (χ3v) is 7.14. The maximum atomic E-state index is 11.9. The van der Waals surface area contributed by atoms with Crippen LogP contribution in [0, 0.1) is 17.3 Å². The molecule has 2 saturated heterocycles. The lowest BCUT2D eigenvalue weighted by Gasteiger charge is -2.46. The molecule has 0 aromatic rings. The van der Waals surface area contributed by atoms with Gasteiger partial charge in [0.05, 0.1) is 0 Å². The smallest absolute Gasteiger partial charge is 0.475 e. The summed E-state index contributed by atoms with van der Waals surface area (Å²) in [5.41, 5.74) is 0.601. The van der Waals surface area contributed by atoms with E-state index in [1.54, 1.807) is 4.90 Å². The quantitative estimate of drug-likeness (QED) is 0.706. The Kier molecular flexibility index (Phi) is 9.61. The van der Waals surface area contributed by atoms with Crippen LogP contribution in [-0.2, 0) is 14.3 Å². The van der Waals surface area contributed by atoms with Gasteiger partial charge in [-0.3, -0.25) is 4.79 Å². The van der Waals surface area contributed by atoms with Crippen LogP contribution in [0.15, 0.2) is 0 Å². The number of piperidine rings is 1. The van der Waals surface area contributed by atoms with Gasteiger partial charge in [0.25, 0.3) is 0 Å². The van der Waals surface area contributed by atoms with Crippen LogP contribution in [0.1, 0.15) is 57.8 Å². The van der Waals surface area contributed by atoms with E-state index in [0.29, 0.717) is 17.2 Å². The zero-order valence-corrected chi connectivity index (χ0v) is 18.8. The van der Waals surface area contributed by atoms with E-state index in [1.807, 2.05) is 14.1 Å². The van der Waals surface area contributed by atoms with Crippen LogP contribution < -0.4 is 0 Å². The maximum Gasteiger partial charge on any atom is 0.490 e. The summed E-state index contributed by atoms with van der Waals surface area (Å²) in [6.07, 6.45) is 6.17. The number of rotatable bonds is 4. The van der Waals surface area contributed by atoms with Crippen molar-refractivity contribution in [3.8, 4) is 0 Å². The molecule has 31 heavy (non-hydrogen) atoms. The van der Waals surface area contributed by atoms with Gasteiger partial charge < -0.3 is 19.6 Å². The predicted octanol–water partition coefficient (Wildman–Crippen LogP) is 3.80. The van der Waals surface area contributed by atoms with Crippen LogP contribution in [0.5, 0.6) is 0 Å².